The van der Waals surface area contributed by atoms with Crippen molar-refractivity contribution in [3.63, 3.8) is 0 Å². The fraction of sp³-hybridized carbons (Fsp3) is 0.333. The van der Waals surface area contributed by atoms with E-state index in [2.05, 4.69) is 16.4 Å². The van der Waals surface area contributed by atoms with Crippen LogP contribution in [-0.2, 0) is 4.79 Å². The second-order valence-corrected chi connectivity index (χ2v) is 5.87. The zero-order chi connectivity index (χ0) is 12.1. The van der Waals surface area contributed by atoms with E-state index in [1.807, 2.05) is 25.1 Å². The molecule has 2 aromatic rings. The Balaban J connectivity index is 1.89. The van der Waals surface area contributed by atoms with E-state index in [9.17, 15) is 4.79 Å². The number of hydrogen-bond donors (Lipinski definition) is 1. The summed E-state index contributed by atoms with van der Waals surface area (Å²) in [7, 11) is 0. The third kappa shape index (κ3) is 3.44. The molecule has 0 saturated heterocycles. The predicted molar refractivity (Wildman–Crippen MR) is 73.6 cm³/mol. The maximum absolute atomic E-state index is 11.3. The number of carbonyl (C=O) groups is 1. The largest absolute Gasteiger partial charge is 0.356 e. The summed E-state index contributed by atoms with van der Waals surface area (Å²) in [6.45, 7) is 2.63. The van der Waals surface area contributed by atoms with Gasteiger partial charge in [0.1, 0.15) is 0 Å². The van der Waals surface area contributed by atoms with E-state index in [1.54, 1.807) is 23.1 Å². The van der Waals surface area contributed by atoms with Crippen molar-refractivity contribution in [2.24, 2.45) is 0 Å². The standard InChI is InChI=1S/C12H14N2OS2/c1-2-13-11(15)7-8-16-12-14-9-5-3-4-6-10(9)17-12/h3-6H,2,7-8H2,1H3,(H,13,15). The molecule has 90 valence electrons. The number of thioether (sulfide) groups is 1. The number of para-hydroxylation sites is 1. The van der Waals surface area contributed by atoms with Crippen LogP contribution >= 0.6 is 23.1 Å². The second-order valence-electron chi connectivity index (χ2n) is 3.50. The molecule has 0 atom stereocenters. The summed E-state index contributed by atoms with van der Waals surface area (Å²) in [5.74, 6) is 0.896. The molecule has 5 heteroatoms. The molecule has 1 N–H and O–H groups in total. The average Bonchev–Trinajstić information content (AvgIpc) is 2.71. The van der Waals surface area contributed by atoms with Crippen molar-refractivity contribution in [1.82, 2.24) is 10.3 Å². The number of aromatic nitrogens is 1. The summed E-state index contributed by atoms with van der Waals surface area (Å²) >= 11 is 3.33. The van der Waals surface area contributed by atoms with Gasteiger partial charge in [-0.2, -0.15) is 0 Å². The monoisotopic (exact) mass is 266 g/mol. The summed E-state index contributed by atoms with van der Waals surface area (Å²) in [6, 6.07) is 8.09. The molecule has 1 amide bonds. The number of nitrogens with one attached hydrogen (secondary N) is 1. The number of benzene rings is 1. The van der Waals surface area contributed by atoms with Crippen LogP contribution in [0.4, 0.5) is 0 Å². The van der Waals surface area contributed by atoms with Crippen molar-refractivity contribution < 1.29 is 4.79 Å². The van der Waals surface area contributed by atoms with Crippen LogP contribution < -0.4 is 5.32 Å². The molecule has 0 radical (unpaired) electrons. The molecule has 0 saturated carbocycles. The number of fused-ring (bicyclic) bond motifs is 1. The minimum Gasteiger partial charge on any atom is -0.356 e. The lowest BCUT2D eigenvalue weighted by molar-refractivity contribution is -0.120. The first-order valence-electron chi connectivity index (χ1n) is 5.54. The summed E-state index contributed by atoms with van der Waals surface area (Å²) in [5.41, 5.74) is 1.04. The first-order chi connectivity index (χ1) is 8.29. The van der Waals surface area contributed by atoms with E-state index in [4.69, 9.17) is 0 Å². The van der Waals surface area contributed by atoms with E-state index < -0.39 is 0 Å². The molecular formula is C12H14N2OS2. The van der Waals surface area contributed by atoms with Crippen LogP contribution in [0.1, 0.15) is 13.3 Å². The lowest BCUT2D eigenvalue weighted by Gasteiger charge is -1.99. The van der Waals surface area contributed by atoms with Crippen LogP contribution in [0.3, 0.4) is 0 Å². The van der Waals surface area contributed by atoms with E-state index >= 15 is 0 Å². The predicted octanol–water partition coefficient (Wildman–Crippen LogP) is 2.91. The van der Waals surface area contributed by atoms with Crippen molar-refractivity contribution in [3.8, 4) is 0 Å². The molecule has 1 heterocycles. The van der Waals surface area contributed by atoms with Crippen molar-refractivity contribution in [1.29, 1.82) is 0 Å². The van der Waals surface area contributed by atoms with Gasteiger partial charge in [0.2, 0.25) is 5.91 Å². The van der Waals surface area contributed by atoms with Crippen LogP contribution in [0.25, 0.3) is 10.2 Å². The number of hydrogen-bond acceptors (Lipinski definition) is 4. The maximum atomic E-state index is 11.3. The molecule has 0 aliphatic carbocycles. The highest BCUT2D eigenvalue weighted by molar-refractivity contribution is 8.01. The quantitative estimate of drug-likeness (QED) is 0.846. The molecule has 1 aromatic carbocycles. The van der Waals surface area contributed by atoms with Crippen LogP contribution in [0, 0.1) is 0 Å². The fourth-order valence-corrected chi connectivity index (χ4v) is 3.51. The molecule has 3 nitrogen and oxygen atoms in total. The normalized spacial score (nSPS) is 10.6. The average molecular weight is 266 g/mol. The highest BCUT2D eigenvalue weighted by atomic mass is 32.2. The Morgan fingerprint density at radius 1 is 1.47 bits per heavy atom. The van der Waals surface area contributed by atoms with Gasteiger partial charge in [0.25, 0.3) is 0 Å². The zero-order valence-corrected chi connectivity index (χ0v) is 11.2. The Morgan fingerprint density at radius 3 is 3.06 bits per heavy atom. The van der Waals surface area contributed by atoms with Gasteiger partial charge in [-0.05, 0) is 19.1 Å². The highest BCUT2D eigenvalue weighted by Gasteiger charge is 2.05. The van der Waals surface area contributed by atoms with Gasteiger partial charge in [-0.3, -0.25) is 4.79 Å². The van der Waals surface area contributed by atoms with E-state index in [1.165, 1.54) is 4.70 Å². The Bertz CT molecular complexity index is 477. The van der Waals surface area contributed by atoms with Crippen molar-refractivity contribution >= 4 is 39.2 Å². The first kappa shape index (κ1) is 12.4. The van der Waals surface area contributed by atoms with Gasteiger partial charge in [-0.1, -0.05) is 23.9 Å². The van der Waals surface area contributed by atoms with Crippen LogP contribution in [0.15, 0.2) is 28.6 Å². The third-order valence-corrected chi connectivity index (χ3v) is 4.38. The Morgan fingerprint density at radius 2 is 2.29 bits per heavy atom. The van der Waals surface area contributed by atoms with Crippen LogP contribution in [-0.4, -0.2) is 23.2 Å². The number of nitrogens with zero attached hydrogens (tertiary/aromatic N) is 1. The van der Waals surface area contributed by atoms with Crippen molar-refractivity contribution in [2.75, 3.05) is 12.3 Å². The molecule has 0 aliphatic rings. The lowest BCUT2D eigenvalue weighted by atomic mass is 10.3. The van der Waals surface area contributed by atoms with E-state index in [0.29, 0.717) is 13.0 Å². The van der Waals surface area contributed by atoms with E-state index in [-0.39, 0.29) is 5.91 Å². The number of rotatable bonds is 5. The SMILES string of the molecule is CCNC(=O)CCSc1nc2ccccc2s1. The molecule has 17 heavy (non-hydrogen) atoms. The summed E-state index contributed by atoms with van der Waals surface area (Å²) < 4.78 is 2.24. The van der Waals surface area contributed by atoms with Crippen molar-refractivity contribution in [3.05, 3.63) is 24.3 Å². The van der Waals surface area contributed by atoms with Gasteiger partial charge in [0.15, 0.2) is 4.34 Å². The smallest absolute Gasteiger partial charge is 0.220 e. The van der Waals surface area contributed by atoms with Gasteiger partial charge in [0.05, 0.1) is 10.2 Å². The topological polar surface area (TPSA) is 42.0 Å². The zero-order valence-electron chi connectivity index (χ0n) is 9.60. The molecule has 2 rings (SSSR count). The first-order valence-corrected chi connectivity index (χ1v) is 7.35. The van der Waals surface area contributed by atoms with Crippen LogP contribution in [0.5, 0.6) is 0 Å². The van der Waals surface area contributed by atoms with Crippen molar-refractivity contribution in [2.45, 2.75) is 17.7 Å². The van der Waals surface area contributed by atoms with Gasteiger partial charge in [-0.15, -0.1) is 11.3 Å². The summed E-state index contributed by atoms with van der Waals surface area (Å²) in [6.07, 6.45) is 0.550. The Kier molecular flexibility index (Phi) is 4.39. The number of amides is 1. The van der Waals surface area contributed by atoms with E-state index in [0.717, 1.165) is 15.6 Å². The summed E-state index contributed by atoms with van der Waals surface area (Å²) in [4.78, 5) is 15.8. The number of thiazole rings is 1. The van der Waals surface area contributed by atoms with Gasteiger partial charge in [0, 0.05) is 18.7 Å². The molecular weight excluding hydrogens is 252 g/mol. The third-order valence-electron chi connectivity index (χ3n) is 2.20. The molecule has 0 aliphatic heterocycles. The lowest BCUT2D eigenvalue weighted by Crippen LogP contribution is -2.22. The molecule has 1 aromatic heterocycles. The summed E-state index contributed by atoms with van der Waals surface area (Å²) in [5, 5.41) is 2.79. The van der Waals surface area contributed by atoms with Gasteiger partial charge in [-0.25, -0.2) is 4.98 Å². The molecule has 0 spiro atoms. The maximum Gasteiger partial charge on any atom is 0.220 e. The van der Waals surface area contributed by atoms with Gasteiger partial charge < -0.3 is 5.32 Å². The minimum atomic E-state index is 0.112. The second kappa shape index (κ2) is 6.02. The molecule has 0 bridgehead atoms. The Hall–Kier alpha value is -1.07. The highest BCUT2D eigenvalue weighted by Crippen LogP contribution is 2.29. The van der Waals surface area contributed by atoms with Gasteiger partial charge >= 0.3 is 0 Å². The Labute approximate surface area is 109 Å². The minimum absolute atomic E-state index is 0.112. The number of carbonyl (C=O) groups excluding carboxylic acids is 1. The molecule has 0 unspecified atom stereocenters. The van der Waals surface area contributed by atoms with Crippen LogP contribution in [0.2, 0.25) is 0 Å². The fourth-order valence-electron chi connectivity index (χ4n) is 1.43. The molecule has 0 fully saturated rings.